The van der Waals surface area contributed by atoms with Gasteiger partial charge in [-0.25, -0.2) is 4.39 Å². The summed E-state index contributed by atoms with van der Waals surface area (Å²) in [6, 6.07) is 10.7. The maximum absolute atomic E-state index is 13.4. The second-order valence-electron chi connectivity index (χ2n) is 6.05. The van der Waals surface area contributed by atoms with Gasteiger partial charge >= 0.3 is 0 Å². The lowest BCUT2D eigenvalue weighted by molar-refractivity contribution is 0.0818. The van der Waals surface area contributed by atoms with Gasteiger partial charge in [0.2, 0.25) is 0 Å². The molecule has 1 atom stereocenters. The number of ether oxygens (including phenoxy) is 1. The molecule has 2 aromatic rings. The first-order valence-corrected chi connectivity index (χ1v) is 8.40. The first kappa shape index (κ1) is 18.6. The fourth-order valence-corrected chi connectivity index (χ4v) is 2.69. The average molecular weight is 334 g/mol. The van der Waals surface area contributed by atoms with E-state index in [1.54, 1.807) is 19.2 Å². The standard InChI is InChI=1S/C19H27FN2O2/c1-3-19(23)15-21(10-11-24-2)14-18-8-5-9-22(18)13-16-6-4-7-17(20)12-16/h4-9,12,19,23H,3,10-11,13-15H2,1-2H3. The lowest BCUT2D eigenvalue weighted by atomic mass is 10.2. The van der Waals surface area contributed by atoms with Crippen LogP contribution in [0, 0.1) is 5.82 Å². The number of halogens is 1. The normalized spacial score (nSPS) is 12.7. The zero-order chi connectivity index (χ0) is 17.4. The van der Waals surface area contributed by atoms with Crippen molar-refractivity contribution >= 4 is 0 Å². The van der Waals surface area contributed by atoms with Crippen molar-refractivity contribution in [3.05, 3.63) is 59.7 Å². The van der Waals surface area contributed by atoms with Crippen molar-refractivity contribution in [3.8, 4) is 0 Å². The Balaban J connectivity index is 2.06. The second-order valence-corrected chi connectivity index (χ2v) is 6.05. The van der Waals surface area contributed by atoms with E-state index in [0.29, 0.717) is 19.7 Å². The lowest BCUT2D eigenvalue weighted by Crippen LogP contribution is -2.34. The van der Waals surface area contributed by atoms with Crippen LogP contribution in [0.3, 0.4) is 0 Å². The van der Waals surface area contributed by atoms with E-state index in [0.717, 1.165) is 30.8 Å². The predicted octanol–water partition coefficient (Wildman–Crippen LogP) is 2.89. The molecule has 132 valence electrons. The summed E-state index contributed by atoms with van der Waals surface area (Å²) in [5.74, 6) is -0.214. The van der Waals surface area contributed by atoms with Gasteiger partial charge in [0.05, 0.1) is 12.7 Å². The number of aliphatic hydroxyl groups excluding tert-OH is 1. The molecule has 1 unspecified atom stereocenters. The van der Waals surface area contributed by atoms with E-state index in [-0.39, 0.29) is 11.9 Å². The summed E-state index contributed by atoms with van der Waals surface area (Å²) in [6.07, 6.45) is 2.40. The third-order valence-corrected chi connectivity index (χ3v) is 4.10. The minimum atomic E-state index is -0.339. The molecule has 1 aromatic heterocycles. The molecule has 2 rings (SSSR count). The minimum Gasteiger partial charge on any atom is -0.392 e. The number of methoxy groups -OCH3 is 1. The summed E-state index contributed by atoms with van der Waals surface area (Å²) in [7, 11) is 1.68. The fraction of sp³-hybridized carbons (Fsp3) is 0.474. The third-order valence-electron chi connectivity index (χ3n) is 4.10. The molecule has 1 aromatic carbocycles. The van der Waals surface area contributed by atoms with Crippen molar-refractivity contribution in [3.63, 3.8) is 0 Å². The molecule has 1 heterocycles. The van der Waals surface area contributed by atoms with Crippen molar-refractivity contribution in [2.45, 2.75) is 32.5 Å². The van der Waals surface area contributed by atoms with Crippen LogP contribution < -0.4 is 0 Å². The van der Waals surface area contributed by atoms with Crippen LogP contribution in [-0.2, 0) is 17.8 Å². The van der Waals surface area contributed by atoms with E-state index in [1.165, 1.54) is 6.07 Å². The smallest absolute Gasteiger partial charge is 0.123 e. The molecule has 0 amide bonds. The highest BCUT2D eigenvalue weighted by Gasteiger charge is 2.13. The summed E-state index contributed by atoms with van der Waals surface area (Å²) in [4.78, 5) is 2.19. The second kappa shape index (κ2) is 9.57. The van der Waals surface area contributed by atoms with Crippen LogP contribution in [0.1, 0.15) is 24.6 Å². The summed E-state index contributed by atoms with van der Waals surface area (Å²) in [5, 5.41) is 9.96. The Labute approximate surface area is 143 Å². The maximum atomic E-state index is 13.4. The van der Waals surface area contributed by atoms with Crippen molar-refractivity contribution in [1.82, 2.24) is 9.47 Å². The number of nitrogens with zero attached hydrogens (tertiary/aromatic N) is 2. The van der Waals surface area contributed by atoms with E-state index < -0.39 is 0 Å². The highest BCUT2D eigenvalue weighted by molar-refractivity contribution is 5.18. The molecule has 0 aliphatic heterocycles. The van der Waals surface area contributed by atoms with Gasteiger partial charge in [0.15, 0.2) is 0 Å². The highest BCUT2D eigenvalue weighted by atomic mass is 19.1. The largest absolute Gasteiger partial charge is 0.392 e. The molecule has 5 heteroatoms. The summed E-state index contributed by atoms with van der Waals surface area (Å²) < 4.78 is 20.7. The molecule has 0 fully saturated rings. The van der Waals surface area contributed by atoms with Crippen molar-refractivity contribution < 1.29 is 14.2 Å². The van der Waals surface area contributed by atoms with Gasteiger partial charge in [-0.1, -0.05) is 19.1 Å². The van der Waals surface area contributed by atoms with Crippen LogP contribution in [0.15, 0.2) is 42.6 Å². The van der Waals surface area contributed by atoms with E-state index >= 15 is 0 Å². The Kier molecular flexibility index (Phi) is 7.43. The van der Waals surface area contributed by atoms with Gasteiger partial charge in [-0.3, -0.25) is 4.90 Å². The first-order chi connectivity index (χ1) is 11.6. The molecule has 4 nitrogen and oxygen atoms in total. The number of hydrogen-bond donors (Lipinski definition) is 1. The summed E-state index contributed by atoms with van der Waals surface area (Å²) in [5.41, 5.74) is 2.07. The maximum Gasteiger partial charge on any atom is 0.123 e. The molecule has 0 bridgehead atoms. The van der Waals surface area contributed by atoms with Gasteiger partial charge < -0.3 is 14.4 Å². The van der Waals surface area contributed by atoms with Crippen molar-refractivity contribution in [2.24, 2.45) is 0 Å². The molecule has 1 N–H and O–H groups in total. The average Bonchev–Trinajstić information content (AvgIpc) is 2.99. The molecule has 0 aliphatic rings. The summed E-state index contributed by atoms with van der Waals surface area (Å²) in [6.45, 7) is 5.34. The van der Waals surface area contributed by atoms with E-state index in [9.17, 15) is 9.50 Å². The zero-order valence-electron chi connectivity index (χ0n) is 14.5. The van der Waals surface area contributed by atoms with Gasteiger partial charge in [0.1, 0.15) is 5.82 Å². The molecule has 0 saturated carbocycles. The van der Waals surface area contributed by atoms with Gasteiger partial charge in [0.25, 0.3) is 0 Å². The van der Waals surface area contributed by atoms with Crippen LogP contribution in [0.5, 0.6) is 0 Å². The Hall–Kier alpha value is -1.69. The molecule has 0 aliphatic carbocycles. The number of aromatic nitrogens is 1. The van der Waals surface area contributed by atoms with E-state index in [1.807, 2.05) is 25.3 Å². The Morgan fingerprint density at radius 1 is 1.29 bits per heavy atom. The number of benzene rings is 1. The third kappa shape index (κ3) is 5.74. The number of aliphatic hydroxyl groups is 1. The first-order valence-electron chi connectivity index (χ1n) is 8.40. The van der Waals surface area contributed by atoms with Gasteiger partial charge in [-0.2, -0.15) is 0 Å². The Morgan fingerprint density at radius 2 is 2.12 bits per heavy atom. The van der Waals surface area contributed by atoms with Crippen LogP contribution >= 0.6 is 0 Å². The van der Waals surface area contributed by atoms with Crippen LogP contribution in [0.4, 0.5) is 4.39 Å². The van der Waals surface area contributed by atoms with Crippen LogP contribution in [0.25, 0.3) is 0 Å². The van der Waals surface area contributed by atoms with Crippen LogP contribution in [0.2, 0.25) is 0 Å². The molecule has 0 spiro atoms. The summed E-state index contributed by atoms with van der Waals surface area (Å²) >= 11 is 0. The minimum absolute atomic E-state index is 0.214. The fourth-order valence-electron chi connectivity index (χ4n) is 2.69. The quantitative estimate of drug-likeness (QED) is 0.726. The predicted molar refractivity (Wildman–Crippen MR) is 93.4 cm³/mol. The molecule has 0 radical (unpaired) electrons. The zero-order valence-corrected chi connectivity index (χ0v) is 14.5. The Bertz CT molecular complexity index is 615. The highest BCUT2D eigenvalue weighted by Crippen LogP contribution is 2.12. The SMILES string of the molecule is CCC(O)CN(CCOC)Cc1cccn1Cc1cccc(F)c1. The molecular formula is C19H27FN2O2. The van der Waals surface area contributed by atoms with Crippen molar-refractivity contribution in [1.29, 1.82) is 0 Å². The number of rotatable bonds is 10. The molecular weight excluding hydrogens is 307 g/mol. The van der Waals surface area contributed by atoms with E-state index in [2.05, 4.69) is 15.5 Å². The molecule has 0 saturated heterocycles. The molecule has 24 heavy (non-hydrogen) atoms. The Morgan fingerprint density at radius 3 is 2.83 bits per heavy atom. The van der Waals surface area contributed by atoms with Gasteiger partial charge in [0, 0.05) is 45.2 Å². The van der Waals surface area contributed by atoms with Crippen molar-refractivity contribution in [2.75, 3.05) is 26.8 Å². The van der Waals surface area contributed by atoms with Crippen LogP contribution in [-0.4, -0.2) is 47.5 Å². The van der Waals surface area contributed by atoms with Gasteiger partial charge in [-0.15, -0.1) is 0 Å². The van der Waals surface area contributed by atoms with Gasteiger partial charge in [-0.05, 0) is 36.2 Å². The lowest BCUT2D eigenvalue weighted by Gasteiger charge is -2.25. The monoisotopic (exact) mass is 334 g/mol. The van der Waals surface area contributed by atoms with E-state index in [4.69, 9.17) is 4.74 Å². The topological polar surface area (TPSA) is 37.6 Å². The number of hydrogen-bond acceptors (Lipinski definition) is 3.